The first-order valence-corrected chi connectivity index (χ1v) is 6.79. The molecular formula is C16H16BrN3O2. The number of anilines is 1. The lowest BCUT2D eigenvalue weighted by Crippen LogP contribution is -3.00. The number of halogens is 1. The second-order valence-corrected chi connectivity index (χ2v) is 5.10. The van der Waals surface area contributed by atoms with Gasteiger partial charge >= 0.3 is 0 Å². The average molecular weight is 362 g/mol. The number of imide groups is 1. The van der Waals surface area contributed by atoms with E-state index in [0.717, 1.165) is 5.69 Å². The third kappa shape index (κ3) is 2.74. The van der Waals surface area contributed by atoms with Crippen molar-refractivity contribution in [1.82, 2.24) is 4.90 Å². The number of benzene rings is 1. The minimum absolute atomic E-state index is 0. The van der Waals surface area contributed by atoms with Crippen molar-refractivity contribution in [2.24, 2.45) is 0 Å². The van der Waals surface area contributed by atoms with E-state index in [0.29, 0.717) is 29.9 Å². The summed E-state index contributed by atoms with van der Waals surface area (Å²) < 4.78 is 1.97. The van der Waals surface area contributed by atoms with Crippen LogP contribution in [-0.2, 0) is 6.54 Å². The van der Waals surface area contributed by atoms with Crippen molar-refractivity contribution in [2.75, 3.05) is 12.3 Å². The first-order valence-electron chi connectivity index (χ1n) is 6.79. The molecule has 114 valence electrons. The molecule has 0 saturated heterocycles. The zero-order valence-corrected chi connectivity index (χ0v) is 13.7. The number of fused-ring (bicyclic) bond motifs is 1. The maximum Gasteiger partial charge on any atom is 0.261 e. The fraction of sp³-hybridized carbons (Fsp3) is 0.188. The Balaban J connectivity index is 0.00000176. The maximum absolute atomic E-state index is 12.2. The Morgan fingerprint density at radius 3 is 2.23 bits per heavy atom. The van der Waals surface area contributed by atoms with Crippen LogP contribution < -0.4 is 27.3 Å². The summed E-state index contributed by atoms with van der Waals surface area (Å²) in [5, 5.41) is 0. The third-order valence-electron chi connectivity index (χ3n) is 3.72. The number of aromatic nitrogens is 1. The minimum atomic E-state index is -0.218. The molecule has 0 saturated carbocycles. The number of rotatable bonds is 3. The van der Waals surface area contributed by atoms with Gasteiger partial charge in [-0.15, -0.1) is 0 Å². The lowest BCUT2D eigenvalue weighted by Gasteiger charge is -2.12. The van der Waals surface area contributed by atoms with E-state index in [2.05, 4.69) is 0 Å². The summed E-state index contributed by atoms with van der Waals surface area (Å²) in [6.45, 7) is 2.85. The van der Waals surface area contributed by atoms with Crippen LogP contribution >= 0.6 is 0 Å². The van der Waals surface area contributed by atoms with Gasteiger partial charge in [-0.3, -0.25) is 14.5 Å². The van der Waals surface area contributed by atoms with E-state index < -0.39 is 0 Å². The molecule has 1 aromatic carbocycles. The molecule has 0 unspecified atom stereocenters. The molecule has 22 heavy (non-hydrogen) atoms. The van der Waals surface area contributed by atoms with Crippen molar-refractivity contribution in [3.05, 3.63) is 59.4 Å². The van der Waals surface area contributed by atoms with Crippen LogP contribution in [0.3, 0.4) is 0 Å². The van der Waals surface area contributed by atoms with Crippen LogP contribution in [0, 0.1) is 6.92 Å². The quantitative estimate of drug-likeness (QED) is 0.516. The van der Waals surface area contributed by atoms with Gasteiger partial charge in [-0.1, -0.05) is 12.1 Å². The summed E-state index contributed by atoms with van der Waals surface area (Å²) >= 11 is 0. The van der Waals surface area contributed by atoms with Gasteiger partial charge in [-0.05, 0) is 12.1 Å². The third-order valence-corrected chi connectivity index (χ3v) is 3.72. The van der Waals surface area contributed by atoms with Gasteiger partial charge in [0.15, 0.2) is 18.4 Å². The normalized spacial score (nSPS) is 13.0. The van der Waals surface area contributed by atoms with Crippen molar-refractivity contribution >= 4 is 17.5 Å². The number of aryl methyl sites for hydroxylation is 1. The molecular weight excluding hydrogens is 346 g/mol. The van der Waals surface area contributed by atoms with Gasteiger partial charge < -0.3 is 22.7 Å². The van der Waals surface area contributed by atoms with Crippen molar-refractivity contribution in [3.63, 3.8) is 0 Å². The summed E-state index contributed by atoms with van der Waals surface area (Å²) in [6, 6.07) is 10.6. The molecule has 2 amide bonds. The number of nitrogens with zero attached hydrogens (tertiary/aromatic N) is 2. The van der Waals surface area contributed by atoms with Crippen LogP contribution in [0.15, 0.2) is 42.6 Å². The predicted molar refractivity (Wildman–Crippen MR) is 77.6 cm³/mol. The van der Waals surface area contributed by atoms with Crippen molar-refractivity contribution in [2.45, 2.75) is 13.5 Å². The number of pyridine rings is 1. The molecule has 0 atom stereocenters. The molecule has 2 N–H and O–H groups in total. The van der Waals surface area contributed by atoms with Crippen molar-refractivity contribution in [1.29, 1.82) is 0 Å². The SMILES string of the molecule is Cc1cc(N)cc[n+]1CCN1C(=O)c2ccccc2C1=O.[Br-]. The molecule has 5 nitrogen and oxygen atoms in total. The van der Waals surface area contributed by atoms with Gasteiger partial charge in [0.05, 0.1) is 17.7 Å². The van der Waals surface area contributed by atoms with Crippen LogP contribution in [0.4, 0.5) is 5.69 Å². The Morgan fingerprint density at radius 2 is 1.68 bits per heavy atom. The fourth-order valence-corrected chi connectivity index (χ4v) is 2.57. The molecule has 1 aliphatic heterocycles. The van der Waals surface area contributed by atoms with E-state index in [1.165, 1.54) is 4.90 Å². The minimum Gasteiger partial charge on any atom is -1.00 e. The van der Waals surface area contributed by atoms with E-state index in [-0.39, 0.29) is 28.8 Å². The summed E-state index contributed by atoms with van der Waals surface area (Å²) in [5.41, 5.74) is 8.38. The highest BCUT2D eigenvalue weighted by Gasteiger charge is 2.35. The number of carbonyl (C=O) groups is 2. The van der Waals surface area contributed by atoms with Crippen LogP contribution in [-0.4, -0.2) is 23.3 Å². The lowest BCUT2D eigenvalue weighted by molar-refractivity contribution is -0.701. The van der Waals surface area contributed by atoms with Gasteiger partial charge in [-0.25, -0.2) is 4.57 Å². The zero-order valence-electron chi connectivity index (χ0n) is 12.1. The highest BCUT2D eigenvalue weighted by molar-refractivity contribution is 6.21. The van der Waals surface area contributed by atoms with Gasteiger partial charge in [0.1, 0.15) is 0 Å². The van der Waals surface area contributed by atoms with Crippen molar-refractivity contribution in [3.8, 4) is 0 Å². The van der Waals surface area contributed by atoms with E-state index in [1.807, 2.05) is 23.8 Å². The van der Waals surface area contributed by atoms with E-state index in [9.17, 15) is 9.59 Å². The second kappa shape index (κ2) is 6.27. The highest BCUT2D eigenvalue weighted by Crippen LogP contribution is 2.21. The fourth-order valence-electron chi connectivity index (χ4n) is 2.57. The number of amides is 2. The molecule has 1 aliphatic rings. The molecule has 2 heterocycles. The van der Waals surface area contributed by atoms with Crippen molar-refractivity contribution < 1.29 is 31.1 Å². The number of hydrogen-bond acceptors (Lipinski definition) is 3. The van der Waals surface area contributed by atoms with Crippen LogP contribution in [0.2, 0.25) is 0 Å². The summed E-state index contributed by atoms with van der Waals surface area (Å²) in [5.74, 6) is -0.436. The topological polar surface area (TPSA) is 67.3 Å². The van der Waals surface area contributed by atoms with Crippen LogP contribution in [0.5, 0.6) is 0 Å². The van der Waals surface area contributed by atoms with Gasteiger partial charge in [0, 0.05) is 24.7 Å². The Kier molecular flexibility index (Phi) is 4.61. The molecule has 1 aromatic heterocycles. The lowest BCUT2D eigenvalue weighted by atomic mass is 10.1. The van der Waals surface area contributed by atoms with E-state index >= 15 is 0 Å². The van der Waals surface area contributed by atoms with E-state index in [4.69, 9.17) is 5.73 Å². The smallest absolute Gasteiger partial charge is 0.261 e. The van der Waals surface area contributed by atoms with E-state index in [1.54, 1.807) is 30.3 Å². The number of nitrogen functional groups attached to an aromatic ring is 1. The molecule has 0 aliphatic carbocycles. The predicted octanol–water partition coefficient (Wildman–Crippen LogP) is -1.84. The van der Waals surface area contributed by atoms with Crippen LogP contribution in [0.25, 0.3) is 0 Å². The molecule has 0 spiro atoms. The van der Waals surface area contributed by atoms with Gasteiger partial charge in [0.2, 0.25) is 0 Å². The average Bonchev–Trinajstić information content (AvgIpc) is 2.71. The first kappa shape index (κ1) is 16.2. The molecule has 3 rings (SSSR count). The second-order valence-electron chi connectivity index (χ2n) is 5.10. The largest absolute Gasteiger partial charge is 1.00 e. The van der Waals surface area contributed by atoms with Gasteiger partial charge in [0.25, 0.3) is 11.8 Å². The number of nitrogens with two attached hydrogens (primary N) is 1. The Hall–Kier alpha value is -2.21. The maximum atomic E-state index is 12.2. The van der Waals surface area contributed by atoms with Gasteiger partial charge in [-0.2, -0.15) is 0 Å². The molecule has 0 bridgehead atoms. The highest BCUT2D eigenvalue weighted by atomic mass is 79.9. The Bertz CT molecular complexity index is 711. The standard InChI is InChI=1S/C16H15N3O2.BrH/c1-11-10-12(17)6-7-18(11)8-9-19-15(20)13-4-2-3-5-14(13)16(19)21;/h2-7,10,17H,8-9H2,1H3;1H. The Morgan fingerprint density at radius 1 is 1.09 bits per heavy atom. The molecule has 0 fully saturated rings. The first-order chi connectivity index (χ1) is 10.1. The molecule has 0 radical (unpaired) electrons. The monoisotopic (exact) mass is 361 g/mol. The van der Waals surface area contributed by atoms with Crippen LogP contribution in [0.1, 0.15) is 26.4 Å². The summed E-state index contributed by atoms with van der Waals surface area (Å²) in [4.78, 5) is 25.8. The summed E-state index contributed by atoms with van der Waals surface area (Å²) in [6.07, 6.45) is 1.86. The number of hydrogen-bond donors (Lipinski definition) is 1. The zero-order chi connectivity index (χ0) is 15.0. The molecule has 2 aromatic rings. The Labute approximate surface area is 139 Å². The summed E-state index contributed by atoms with van der Waals surface area (Å²) in [7, 11) is 0. The molecule has 6 heteroatoms. The number of carbonyl (C=O) groups excluding carboxylic acids is 2.